The summed E-state index contributed by atoms with van der Waals surface area (Å²) in [5.41, 5.74) is 0.455. The quantitative estimate of drug-likeness (QED) is 0.172. The molecule has 2 N–H and O–H groups in total. The van der Waals surface area contributed by atoms with Crippen LogP contribution < -0.4 is 19.0 Å². The first-order valence-electron chi connectivity index (χ1n) is 13.3. The monoisotopic (exact) mass is 624 g/mol. The van der Waals surface area contributed by atoms with Gasteiger partial charge in [0.2, 0.25) is 0 Å². The summed E-state index contributed by atoms with van der Waals surface area (Å²) in [7, 11) is -8.30. The highest BCUT2D eigenvalue weighted by molar-refractivity contribution is 7.87. The van der Waals surface area contributed by atoms with Gasteiger partial charge in [0.05, 0.1) is 5.69 Å². The summed E-state index contributed by atoms with van der Waals surface area (Å²) in [6.45, 7) is 0. The third kappa shape index (κ3) is 6.33. The lowest BCUT2D eigenvalue weighted by Crippen LogP contribution is -2.20. The Hall–Kier alpha value is -5.39. The molecule has 0 saturated carbocycles. The number of amides is 2. The lowest BCUT2D eigenvalue weighted by Gasteiger charge is -2.13. The van der Waals surface area contributed by atoms with Crippen LogP contribution in [-0.2, 0) is 20.2 Å². The van der Waals surface area contributed by atoms with Gasteiger partial charge in [0, 0.05) is 5.69 Å². The van der Waals surface area contributed by atoms with Crippen molar-refractivity contribution in [3.63, 3.8) is 0 Å². The van der Waals surface area contributed by atoms with Crippen molar-refractivity contribution in [3.8, 4) is 11.5 Å². The minimum Gasteiger partial charge on any atom is -0.379 e. The first-order chi connectivity index (χ1) is 21.2. The molecule has 0 unspecified atom stereocenters. The number of hydrogen-bond acceptors (Lipinski definition) is 7. The van der Waals surface area contributed by atoms with Crippen LogP contribution in [0.3, 0.4) is 0 Å². The molecule has 0 aromatic heterocycles. The second-order valence-electron chi connectivity index (χ2n) is 9.69. The van der Waals surface area contributed by atoms with Crippen molar-refractivity contribution in [1.82, 2.24) is 0 Å². The Morgan fingerprint density at radius 1 is 0.500 bits per heavy atom. The minimum absolute atomic E-state index is 0.0151. The molecule has 0 heterocycles. The van der Waals surface area contributed by atoms with Crippen molar-refractivity contribution in [2.24, 2.45) is 0 Å². The molecule has 2 amide bonds. The Kier molecular flexibility index (Phi) is 7.64. The number of para-hydroxylation sites is 2. The Morgan fingerprint density at radius 2 is 1.00 bits per heavy atom. The fourth-order valence-electron chi connectivity index (χ4n) is 4.51. The molecule has 11 heteroatoms. The molecule has 0 saturated heterocycles. The van der Waals surface area contributed by atoms with Gasteiger partial charge in [0.1, 0.15) is 15.5 Å². The van der Waals surface area contributed by atoms with Gasteiger partial charge < -0.3 is 19.0 Å². The van der Waals surface area contributed by atoms with Crippen molar-refractivity contribution >= 4 is 59.2 Å². The Balaban J connectivity index is 1.11. The fraction of sp³-hybridized carbons (Fsp3) is 0. The first kappa shape index (κ1) is 28.7. The van der Waals surface area contributed by atoms with E-state index in [4.69, 9.17) is 8.37 Å². The Labute approximate surface area is 253 Å². The number of nitrogens with one attached hydrogen (secondary N) is 2. The molecule has 6 aromatic carbocycles. The average Bonchev–Trinajstić information content (AvgIpc) is 3.02. The summed E-state index contributed by atoms with van der Waals surface area (Å²) >= 11 is 0. The first-order valence-corrected chi connectivity index (χ1v) is 16.1. The van der Waals surface area contributed by atoms with Crippen LogP contribution in [0.2, 0.25) is 0 Å². The van der Waals surface area contributed by atoms with E-state index in [-0.39, 0.29) is 27.0 Å². The number of urea groups is 1. The van der Waals surface area contributed by atoms with Gasteiger partial charge in [-0.05, 0) is 82.2 Å². The normalized spacial score (nSPS) is 11.6. The molecule has 0 aliphatic heterocycles. The Morgan fingerprint density at radius 3 is 1.59 bits per heavy atom. The molecule has 0 atom stereocenters. The highest BCUT2D eigenvalue weighted by Crippen LogP contribution is 2.29. The maximum atomic E-state index is 13.0. The van der Waals surface area contributed by atoms with Crippen molar-refractivity contribution in [2.75, 3.05) is 10.6 Å². The van der Waals surface area contributed by atoms with Crippen LogP contribution >= 0.6 is 0 Å². The summed E-state index contributed by atoms with van der Waals surface area (Å²) in [6.07, 6.45) is 0. The fourth-order valence-corrected chi connectivity index (χ4v) is 6.46. The lowest BCUT2D eigenvalue weighted by atomic mass is 10.1. The number of anilines is 2. The van der Waals surface area contributed by atoms with Gasteiger partial charge in [-0.2, -0.15) is 16.8 Å². The van der Waals surface area contributed by atoms with Crippen LogP contribution in [0.4, 0.5) is 16.2 Å². The van der Waals surface area contributed by atoms with E-state index in [2.05, 4.69) is 10.6 Å². The lowest BCUT2D eigenvalue weighted by molar-refractivity contribution is 0.262. The predicted octanol–water partition coefficient (Wildman–Crippen LogP) is 7.17. The van der Waals surface area contributed by atoms with E-state index >= 15 is 0 Å². The molecule has 0 bridgehead atoms. The van der Waals surface area contributed by atoms with Gasteiger partial charge in [-0.3, -0.25) is 0 Å². The third-order valence-corrected chi connectivity index (χ3v) is 9.15. The Bertz CT molecular complexity index is 2240. The SMILES string of the molecule is O=C(Nc1ccc(OS(=O)(=O)c2ccc3ccccc3c2)cc1)Nc1ccccc1OS(=O)(=O)c1ccc2ccccc2c1. The molecule has 0 fully saturated rings. The number of carbonyl (C=O) groups is 1. The molecule has 9 nitrogen and oxygen atoms in total. The number of fused-ring (bicyclic) bond motifs is 2. The molecule has 0 spiro atoms. The van der Waals surface area contributed by atoms with Gasteiger partial charge in [-0.25, -0.2) is 4.79 Å². The zero-order valence-electron chi connectivity index (χ0n) is 22.9. The van der Waals surface area contributed by atoms with E-state index in [1.54, 1.807) is 36.4 Å². The summed E-state index contributed by atoms with van der Waals surface area (Å²) in [4.78, 5) is 12.8. The van der Waals surface area contributed by atoms with E-state index in [0.717, 1.165) is 21.5 Å². The number of benzene rings is 6. The molecule has 220 valence electrons. The molecular formula is C33H24N2O7S2. The highest BCUT2D eigenvalue weighted by Gasteiger charge is 2.20. The van der Waals surface area contributed by atoms with Gasteiger partial charge in [0.15, 0.2) is 5.75 Å². The topological polar surface area (TPSA) is 128 Å². The number of rotatable bonds is 8. The standard InChI is InChI=1S/C33H24N2O7S2/c36-33(34-27-15-17-28(18-16-27)41-43(37,38)29-19-13-23-7-1-3-9-25(23)21-29)35-31-11-5-6-12-32(31)42-44(39,40)30-20-14-24-8-2-4-10-26(24)22-30/h1-22H,(H2,34,35,36). The van der Waals surface area contributed by atoms with E-state index in [0.29, 0.717) is 5.69 Å². The zero-order chi connectivity index (χ0) is 30.7. The number of carbonyl (C=O) groups excluding carboxylic acids is 1. The molecule has 44 heavy (non-hydrogen) atoms. The molecule has 6 aromatic rings. The van der Waals surface area contributed by atoms with Crippen LogP contribution in [0.15, 0.2) is 143 Å². The molecule has 6 rings (SSSR count). The van der Waals surface area contributed by atoms with Crippen LogP contribution in [0.1, 0.15) is 0 Å². The number of hydrogen-bond donors (Lipinski definition) is 2. The third-order valence-electron chi connectivity index (χ3n) is 6.67. The minimum atomic E-state index is -4.21. The van der Waals surface area contributed by atoms with Crippen molar-refractivity contribution in [3.05, 3.63) is 133 Å². The van der Waals surface area contributed by atoms with Gasteiger partial charge >= 0.3 is 26.3 Å². The predicted molar refractivity (Wildman–Crippen MR) is 169 cm³/mol. The van der Waals surface area contributed by atoms with Gasteiger partial charge in [-0.15, -0.1) is 0 Å². The maximum absolute atomic E-state index is 13.0. The van der Waals surface area contributed by atoms with Crippen LogP contribution in [-0.4, -0.2) is 22.9 Å². The van der Waals surface area contributed by atoms with Crippen molar-refractivity contribution < 1.29 is 30.0 Å². The summed E-state index contributed by atoms with van der Waals surface area (Å²) in [5, 5.41) is 8.49. The highest BCUT2D eigenvalue weighted by atomic mass is 32.2. The second kappa shape index (κ2) is 11.7. The molecular weight excluding hydrogens is 601 g/mol. The van der Waals surface area contributed by atoms with Crippen LogP contribution in [0, 0.1) is 0 Å². The van der Waals surface area contributed by atoms with E-state index in [1.807, 2.05) is 42.5 Å². The smallest absolute Gasteiger partial charge is 0.339 e. The summed E-state index contributed by atoms with van der Waals surface area (Å²) in [6, 6.07) is 35.3. The van der Waals surface area contributed by atoms with Gasteiger partial charge in [-0.1, -0.05) is 72.8 Å². The molecule has 0 aliphatic carbocycles. The van der Waals surface area contributed by atoms with Gasteiger partial charge in [0.25, 0.3) is 0 Å². The largest absolute Gasteiger partial charge is 0.379 e. The molecule has 0 radical (unpaired) electrons. The summed E-state index contributed by atoms with van der Waals surface area (Å²) < 4.78 is 62.4. The maximum Gasteiger partial charge on any atom is 0.339 e. The van der Waals surface area contributed by atoms with Crippen LogP contribution in [0.5, 0.6) is 11.5 Å². The van der Waals surface area contributed by atoms with Crippen LogP contribution in [0.25, 0.3) is 21.5 Å². The zero-order valence-corrected chi connectivity index (χ0v) is 24.5. The summed E-state index contributed by atoms with van der Waals surface area (Å²) in [5.74, 6) is -0.0137. The van der Waals surface area contributed by atoms with Crippen molar-refractivity contribution in [2.45, 2.75) is 9.79 Å². The van der Waals surface area contributed by atoms with E-state index in [9.17, 15) is 21.6 Å². The van der Waals surface area contributed by atoms with E-state index in [1.165, 1.54) is 54.6 Å². The molecule has 0 aliphatic rings. The van der Waals surface area contributed by atoms with Crippen molar-refractivity contribution in [1.29, 1.82) is 0 Å². The second-order valence-corrected chi connectivity index (χ2v) is 12.8. The van der Waals surface area contributed by atoms with E-state index < -0.39 is 26.3 Å². The average molecular weight is 625 g/mol.